The molecule has 0 bridgehead atoms. The van der Waals surface area contributed by atoms with Crippen molar-refractivity contribution in [3.63, 3.8) is 0 Å². The quantitative estimate of drug-likeness (QED) is 0.303. The number of halogens is 1. The highest BCUT2D eigenvalue weighted by Crippen LogP contribution is 2.18. The lowest BCUT2D eigenvalue weighted by molar-refractivity contribution is 0.286. The maximum atomic E-state index is 5.95. The fraction of sp³-hybridized carbons (Fsp3) is 0.500. The SMILES string of the molecule is CN=C(NCCc1ncc(C)s1)NCc1ccccc1OCCC(C)C.I. The van der Waals surface area contributed by atoms with Gasteiger partial charge in [-0.25, -0.2) is 4.98 Å². The molecule has 1 heterocycles. The zero-order chi connectivity index (χ0) is 18.8. The molecule has 0 fully saturated rings. The number of benzene rings is 1. The molecular weight excluding hydrogens is 471 g/mol. The van der Waals surface area contributed by atoms with Crippen LogP contribution in [0.3, 0.4) is 0 Å². The van der Waals surface area contributed by atoms with Crippen molar-refractivity contribution < 1.29 is 4.74 Å². The van der Waals surface area contributed by atoms with Gasteiger partial charge >= 0.3 is 0 Å². The normalized spacial score (nSPS) is 11.2. The Hall–Kier alpha value is -1.35. The zero-order valence-electron chi connectivity index (χ0n) is 16.6. The standard InChI is InChI=1S/C20H30N4OS.HI/c1-15(2)10-12-25-18-8-6-5-7-17(18)14-24-20(21-4)22-11-9-19-23-13-16(3)26-19;/h5-8,13,15H,9-12,14H2,1-4H3,(H2,21,22,24);1H. The van der Waals surface area contributed by atoms with Crippen molar-refractivity contribution in [3.05, 3.63) is 45.9 Å². The number of nitrogens with one attached hydrogen (secondary N) is 2. The van der Waals surface area contributed by atoms with E-state index in [1.54, 1.807) is 18.4 Å². The molecule has 0 amide bonds. The smallest absolute Gasteiger partial charge is 0.191 e. The molecular formula is C20H31IN4OS. The topological polar surface area (TPSA) is 58.5 Å². The van der Waals surface area contributed by atoms with E-state index in [9.17, 15) is 0 Å². The number of hydrogen-bond donors (Lipinski definition) is 2. The average molecular weight is 502 g/mol. The van der Waals surface area contributed by atoms with Crippen LogP contribution >= 0.6 is 35.3 Å². The number of thiazole rings is 1. The van der Waals surface area contributed by atoms with Crippen LogP contribution in [0.25, 0.3) is 0 Å². The Bertz CT molecular complexity index is 703. The second kappa shape index (κ2) is 12.9. The average Bonchev–Trinajstić information content (AvgIpc) is 3.04. The lowest BCUT2D eigenvalue weighted by Gasteiger charge is -2.15. The Labute approximate surface area is 184 Å². The highest BCUT2D eigenvalue weighted by molar-refractivity contribution is 14.0. The van der Waals surface area contributed by atoms with Crippen molar-refractivity contribution in [1.29, 1.82) is 0 Å². The van der Waals surface area contributed by atoms with Crippen LogP contribution in [0.15, 0.2) is 35.5 Å². The number of aliphatic imine (C=N–C) groups is 1. The van der Waals surface area contributed by atoms with Crippen LogP contribution in [0.1, 0.15) is 35.7 Å². The van der Waals surface area contributed by atoms with Gasteiger partial charge in [-0.15, -0.1) is 35.3 Å². The van der Waals surface area contributed by atoms with Crippen LogP contribution in [-0.4, -0.2) is 31.1 Å². The summed E-state index contributed by atoms with van der Waals surface area (Å²) in [6.45, 7) is 8.72. The molecule has 0 saturated carbocycles. The molecule has 0 aliphatic heterocycles. The molecule has 1 aromatic heterocycles. The molecule has 0 unspecified atom stereocenters. The first-order chi connectivity index (χ1) is 12.6. The molecule has 2 aromatic rings. The van der Waals surface area contributed by atoms with Crippen molar-refractivity contribution in [1.82, 2.24) is 15.6 Å². The molecule has 0 radical (unpaired) electrons. The maximum absolute atomic E-state index is 5.95. The summed E-state index contributed by atoms with van der Waals surface area (Å²) in [6, 6.07) is 8.16. The second-order valence-corrected chi connectivity index (χ2v) is 7.93. The van der Waals surface area contributed by atoms with Crippen LogP contribution in [0.4, 0.5) is 0 Å². The molecule has 150 valence electrons. The molecule has 0 aliphatic rings. The third kappa shape index (κ3) is 8.92. The lowest BCUT2D eigenvalue weighted by atomic mass is 10.1. The lowest BCUT2D eigenvalue weighted by Crippen LogP contribution is -2.37. The van der Waals surface area contributed by atoms with E-state index in [1.807, 2.05) is 24.4 Å². The van der Waals surface area contributed by atoms with Gasteiger partial charge in [-0.1, -0.05) is 32.0 Å². The molecule has 1 aromatic carbocycles. The summed E-state index contributed by atoms with van der Waals surface area (Å²) in [4.78, 5) is 9.92. The summed E-state index contributed by atoms with van der Waals surface area (Å²) in [6.07, 6.45) is 3.87. The highest BCUT2D eigenvalue weighted by Gasteiger charge is 2.06. The Kier molecular flexibility index (Phi) is 11.3. The number of guanidine groups is 1. The van der Waals surface area contributed by atoms with E-state index in [-0.39, 0.29) is 24.0 Å². The van der Waals surface area contributed by atoms with E-state index in [0.717, 1.165) is 48.3 Å². The fourth-order valence-corrected chi connectivity index (χ4v) is 3.19. The molecule has 7 heteroatoms. The van der Waals surface area contributed by atoms with Gasteiger partial charge in [0, 0.05) is 43.2 Å². The third-order valence-corrected chi connectivity index (χ3v) is 4.87. The van der Waals surface area contributed by atoms with Crippen LogP contribution in [-0.2, 0) is 13.0 Å². The second-order valence-electron chi connectivity index (χ2n) is 6.61. The van der Waals surface area contributed by atoms with Crippen molar-refractivity contribution in [3.8, 4) is 5.75 Å². The van der Waals surface area contributed by atoms with Gasteiger partial charge in [-0.2, -0.15) is 0 Å². The third-order valence-electron chi connectivity index (χ3n) is 3.90. The number of aryl methyl sites for hydroxylation is 1. The monoisotopic (exact) mass is 502 g/mol. The maximum Gasteiger partial charge on any atom is 0.191 e. The zero-order valence-corrected chi connectivity index (χ0v) is 19.8. The van der Waals surface area contributed by atoms with E-state index < -0.39 is 0 Å². The predicted molar refractivity (Wildman–Crippen MR) is 126 cm³/mol. The number of hydrogen-bond acceptors (Lipinski definition) is 4. The summed E-state index contributed by atoms with van der Waals surface area (Å²) in [7, 11) is 1.79. The van der Waals surface area contributed by atoms with Crippen molar-refractivity contribution in [2.45, 2.75) is 40.2 Å². The van der Waals surface area contributed by atoms with Crippen molar-refractivity contribution in [2.75, 3.05) is 20.2 Å². The Morgan fingerprint density at radius 2 is 2.04 bits per heavy atom. The van der Waals surface area contributed by atoms with Crippen molar-refractivity contribution >= 4 is 41.3 Å². The first-order valence-electron chi connectivity index (χ1n) is 9.15. The highest BCUT2D eigenvalue weighted by atomic mass is 127. The van der Waals surface area contributed by atoms with E-state index in [0.29, 0.717) is 12.5 Å². The summed E-state index contributed by atoms with van der Waals surface area (Å²) >= 11 is 1.74. The van der Waals surface area contributed by atoms with Crippen LogP contribution < -0.4 is 15.4 Å². The first kappa shape index (κ1) is 23.7. The summed E-state index contributed by atoms with van der Waals surface area (Å²) in [5, 5.41) is 7.85. The Morgan fingerprint density at radius 3 is 2.70 bits per heavy atom. The predicted octanol–water partition coefficient (Wildman–Crippen LogP) is 4.40. The summed E-state index contributed by atoms with van der Waals surface area (Å²) in [5.41, 5.74) is 1.13. The van der Waals surface area contributed by atoms with Gasteiger partial charge in [-0.3, -0.25) is 4.99 Å². The van der Waals surface area contributed by atoms with Gasteiger partial charge < -0.3 is 15.4 Å². The Morgan fingerprint density at radius 1 is 1.26 bits per heavy atom. The van der Waals surface area contributed by atoms with E-state index in [4.69, 9.17) is 4.74 Å². The van der Waals surface area contributed by atoms with Gasteiger partial charge in [0.1, 0.15) is 5.75 Å². The minimum atomic E-state index is 0. The summed E-state index contributed by atoms with van der Waals surface area (Å²) in [5.74, 6) is 2.37. The molecule has 5 nitrogen and oxygen atoms in total. The van der Waals surface area contributed by atoms with Gasteiger partial charge in [0.2, 0.25) is 0 Å². The molecule has 0 aliphatic carbocycles. The number of para-hydroxylation sites is 1. The molecule has 27 heavy (non-hydrogen) atoms. The molecule has 0 saturated heterocycles. The van der Waals surface area contributed by atoms with Crippen LogP contribution in [0.2, 0.25) is 0 Å². The van der Waals surface area contributed by atoms with Crippen LogP contribution in [0, 0.1) is 12.8 Å². The summed E-state index contributed by atoms with van der Waals surface area (Å²) < 4.78 is 5.95. The van der Waals surface area contributed by atoms with E-state index >= 15 is 0 Å². The van der Waals surface area contributed by atoms with Crippen LogP contribution in [0.5, 0.6) is 5.75 Å². The van der Waals surface area contributed by atoms with Gasteiger partial charge in [0.05, 0.1) is 11.6 Å². The number of ether oxygens (including phenoxy) is 1. The van der Waals surface area contributed by atoms with E-state index in [1.165, 1.54) is 4.88 Å². The molecule has 0 spiro atoms. The largest absolute Gasteiger partial charge is 0.493 e. The first-order valence-corrected chi connectivity index (χ1v) is 9.96. The number of nitrogens with zero attached hydrogens (tertiary/aromatic N) is 2. The van der Waals surface area contributed by atoms with Crippen molar-refractivity contribution in [2.24, 2.45) is 10.9 Å². The minimum absolute atomic E-state index is 0. The molecule has 2 N–H and O–H groups in total. The van der Waals surface area contributed by atoms with Gasteiger partial charge in [-0.05, 0) is 25.3 Å². The number of aromatic nitrogens is 1. The number of rotatable bonds is 9. The fourth-order valence-electron chi connectivity index (χ4n) is 2.40. The molecule has 2 rings (SSSR count). The Balaban J connectivity index is 0.00000364. The minimum Gasteiger partial charge on any atom is -0.493 e. The van der Waals surface area contributed by atoms with Gasteiger partial charge in [0.25, 0.3) is 0 Å². The van der Waals surface area contributed by atoms with E-state index in [2.05, 4.69) is 47.4 Å². The molecule has 0 atom stereocenters. The van der Waals surface area contributed by atoms with Gasteiger partial charge in [0.15, 0.2) is 5.96 Å².